The van der Waals surface area contributed by atoms with Crippen LogP contribution in [0, 0.1) is 0 Å². The lowest BCUT2D eigenvalue weighted by molar-refractivity contribution is 0.0562. The molecule has 0 amide bonds. The van der Waals surface area contributed by atoms with Crippen LogP contribution in [0.4, 0.5) is 0 Å². The first-order valence-corrected chi connectivity index (χ1v) is 7.72. The predicted molar refractivity (Wildman–Crippen MR) is 83.0 cm³/mol. The minimum Gasteiger partial charge on any atom is -0.392 e. The van der Waals surface area contributed by atoms with Gasteiger partial charge in [0.1, 0.15) is 0 Å². The molecule has 2 N–H and O–H groups in total. The van der Waals surface area contributed by atoms with E-state index in [4.69, 9.17) is 4.74 Å². The molecule has 5 heteroatoms. The Labute approximate surface area is 124 Å². The average molecular weight is 290 g/mol. The van der Waals surface area contributed by atoms with Crippen LogP contribution >= 0.6 is 0 Å². The quantitative estimate of drug-likeness (QED) is 0.557. The van der Waals surface area contributed by atoms with Crippen LogP contribution in [0.15, 0.2) is 0 Å². The summed E-state index contributed by atoms with van der Waals surface area (Å²) in [5.41, 5.74) is 0. The molecule has 0 bridgehead atoms. The number of aliphatic hydroxyl groups is 2. The molecule has 0 fully saturated rings. The van der Waals surface area contributed by atoms with E-state index in [1.165, 1.54) is 0 Å². The fourth-order valence-electron chi connectivity index (χ4n) is 2.34. The summed E-state index contributed by atoms with van der Waals surface area (Å²) in [7, 11) is 1.74. The van der Waals surface area contributed by atoms with Crippen molar-refractivity contribution in [3.63, 3.8) is 0 Å². The number of rotatable bonds is 12. The van der Waals surface area contributed by atoms with Crippen molar-refractivity contribution in [2.45, 2.75) is 52.4 Å². The Hall–Kier alpha value is -0.200. The van der Waals surface area contributed by atoms with Gasteiger partial charge in [-0.15, -0.1) is 0 Å². The smallest absolute Gasteiger partial charge is 0.0670 e. The zero-order valence-electron chi connectivity index (χ0n) is 13.9. The Bertz CT molecular complexity index is 215. The molecule has 0 aliphatic heterocycles. The highest BCUT2D eigenvalue weighted by molar-refractivity contribution is 4.69. The summed E-state index contributed by atoms with van der Waals surface area (Å²) in [6, 6.07) is 0. The van der Waals surface area contributed by atoms with E-state index in [-0.39, 0.29) is 18.3 Å². The SMILES string of the molecule is CCCN(CCN(CC(C)O)CC(C)O)CC(C)OC. The van der Waals surface area contributed by atoms with E-state index in [9.17, 15) is 10.2 Å². The zero-order valence-corrected chi connectivity index (χ0v) is 13.9. The van der Waals surface area contributed by atoms with Gasteiger partial charge in [0.2, 0.25) is 0 Å². The third-order valence-electron chi connectivity index (χ3n) is 3.23. The van der Waals surface area contributed by atoms with Crippen LogP contribution in [-0.4, -0.2) is 84.7 Å². The average Bonchev–Trinajstić information content (AvgIpc) is 2.34. The van der Waals surface area contributed by atoms with Crippen molar-refractivity contribution in [1.29, 1.82) is 0 Å². The summed E-state index contributed by atoms with van der Waals surface area (Å²) in [5, 5.41) is 19.1. The molecule has 122 valence electrons. The Kier molecular flexibility index (Phi) is 11.3. The normalized spacial score (nSPS) is 16.6. The van der Waals surface area contributed by atoms with E-state index >= 15 is 0 Å². The molecule has 3 atom stereocenters. The van der Waals surface area contributed by atoms with Gasteiger partial charge >= 0.3 is 0 Å². The van der Waals surface area contributed by atoms with Crippen molar-refractivity contribution in [3.05, 3.63) is 0 Å². The van der Waals surface area contributed by atoms with E-state index in [1.54, 1.807) is 21.0 Å². The second-order valence-corrected chi connectivity index (χ2v) is 5.80. The van der Waals surface area contributed by atoms with E-state index in [0.717, 1.165) is 32.6 Å². The molecule has 0 radical (unpaired) electrons. The van der Waals surface area contributed by atoms with Gasteiger partial charge in [0.25, 0.3) is 0 Å². The van der Waals surface area contributed by atoms with E-state index < -0.39 is 0 Å². The van der Waals surface area contributed by atoms with Crippen LogP contribution in [0.25, 0.3) is 0 Å². The number of hydrogen-bond acceptors (Lipinski definition) is 5. The molecule has 0 aliphatic carbocycles. The third-order valence-corrected chi connectivity index (χ3v) is 3.23. The van der Waals surface area contributed by atoms with Gasteiger partial charge in [-0.2, -0.15) is 0 Å². The minimum atomic E-state index is -0.369. The first-order chi connectivity index (χ1) is 9.38. The molecule has 20 heavy (non-hydrogen) atoms. The molecule has 0 spiro atoms. The minimum absolute atomic E-state index is 0.225. The van der Waals surface area contributed by atoms with E-state index in [1.807, 2.05) is 0 Å². The molecule has 0 aromatic rings. The number of ether oxygens (including phenoxy) is 1. The lowest BCUT2D eigenvalue weighted by atomic mass is 10.2. The highest BCUT2D eigenvalue weighted by atomic mass is 16.5. The van der Waals surface area contributed by atoms with Gasteiger partial charge in [-0.3, -0.25) is 9.80 Å². The molecule has 0 aromatic heterocycles. The topological polar surface area (TPSA) is 56.2 Å². The molecule has 0 heterocycles. The van der Waals surface area contributed by atoms with Crippen molar-refractivity contribution in [1.82, 2.24) is 9.80 Å². The number of hydrogen-bond donors (Lipinski definition) is 2. The van der Waals surface area contributed by atoms with Gasteiger partial charge in [-0.05, 0) is 33.7 Å². The van der Waals surface area contributed by atoms with Crippen molar-refractivity contribution in [2.75, 3.05) is 46.4 Å². The van der Waals surface area contributed by atoms with Crippen molar-refractivity contribution >= 4 is 0 Å². The summed E-state index contributed by atoms with van der Waals surface area (Å²) in [5.74, 6) is 0. The summed E-state index contributed by atoms with van der Waals surface area (Å²) >= 11 is 0. The van der Waals surface area contributed by atoms with Gasteiger partial charge in [0.05, 0.1) is 18.3 Å². The van der Waals surface area contributed by atoms with Gasteiger partial charge in [0.15, 0.2) is 0 Å². The van der Waals surface area contributed by atoms with Gasteiger partial charge in [-0.1, -0.05) is 6.92 Å². The van der Waals surface area contributed by atoms with Gasteiger partial charge in [-0.25, -0.2) is 0 Å². The highest BCUT2D eigenvalue weighted by Crippen LogP contribution is 2.01. The monoisotopic (exact) mass is 290 g/mol. The highest BCUT2D eigenvalue weighted by Gasteiger charge is 2.14. The van der Waals surface area contributed by atoms with Crippen LogP contribution in [0.1, 0.15) is 34.1 Å². The zero-order chi connectivity index (χ0) is 15.5. The first-order valence-electron chi connectivity index (χ1n) is 7.72. The molecule has 0 rings (SSSR count). The number of methoxy groups -OCH3 is 1. The predicted octanol–water partition coefficient (Wildman–Crippen LogP) is 0.797. The fourth-order valence-corrected chi connectivity index (χ4v) is 2.34. The summed E-state index contributed by atoms with van der Waals surface area (Å²) in [6.45, 7) is 12.8. The maximum absolute atomic E-state index is 9.53. The van der Waals surface area contributed by atoms with Crippen LogP contribution in [0.2, 0.25) is 0 Å². The molecule has 3 unspecified atom stereocenters. The van der Waals surface area contributed by atoms with E-state index in [2.05, 4.69) is 23.6 Å². The second kappa shape index (κ2) is 11.5. The molecule has 0 aromatic carbocycles. The Morgan fingerprint density at radius 1 is 0.850 bits per heavy atom. The summed E-state index contributed by atoms with van der Waals surface area (Å²) in [6.07, 6.45) is 0.601. The maximum atomic E-state index is 9.53. The summed E-state index contributed by atoms with van der Waals surface area (Å²) in [4.78, 5) is 4.50. The van der Waals surface area contributed by atoms with Crippen molar-refractivity contribution in [2.24, 2.45) is 0 Å². The number of nitrogens with zero attached hydrogens (tertiary/aromatic N) is 2. The van der Waals surface area contributed by atoms with Crippen molar-refractivity contribution in [3.8, 4) is 0 Å². The third kappa shape index (κ3) is 10.6. The Balaban J connectivity index is 4.29. The lowest BCUT2D eigenvalue weighted by Crippen LogP contribution is -2.43. The Morgan fingerprint density at radius 2 is 1.35 bits per heavy atom. The van der Waals surface area contributed by atoms with Gasteiger partial charge < -0.3 is 14.9 Å². The van der Waals surface area contributed by atoms with E-state index in [0.29, 0.717) is 13.1 Å². The molecule has 0 saturated heterocycles. The van der Waals surface area contributed by atoms with Crippen LogP contribution in [0.3, 0.4) is 0 Å². The van der Waals surface area contributed by atoms with Crippen molar-refractivity contribution < 1.29 is 14.9 Å². The largest absolute Gasteiger partial charge is 0.392 e. The van der Waals surface area contributed by atoms with Crippen LogP contribution in [-0.2, 0) is 4.74 Å². The van der Waals surface area contributed by atoms with Crippen LogP contribution in [0.5, 0.6) is 0 Å². The Morgan fingerprint density at radius 3 is 1.75 bits per heavy atom. The standard InChI is InChI=1S/C15H34N2O3/c1-6-7-16(12-15(4)20-5)8-9-17(10-13(2)18)11-14(3)19/h13-15,18-19H,6-12H2,1-5H3. The molecular formula is C15H34N2O3. The van der Waals surface area contributed by atoms with Crippen LogP contribution < -0.4 is 0 Å². The second-order valence-electron chi connectivity index (χ2n) is 5.80. The maximum Gasteiger partial charge on any atom is 0.0670 e. The molecular weight excluding hydrogens is 256 g/mol. The summed E-state index contributed by atoms with van der Waals surface area (Å²) < 4.78 is 5.33. The number of aliphatic hydroxyl groups excluding tert-OH is 2. The lowest BCUT2D eigenvalue weighted by Gasteiger charge is -2.30. The molecule has 0 saturated carbocycles. The molecule has 5 nitrogen and oxygen atoms in total. The fraction of sp³-hybridized carbons (Fsp3) is 1.00. The van der Waals surface area contributed by atoms with Gasteiger partial charge in [0, 0.05) is 39.8 Å². The first kappa shape index (κ1) is 19.8. The molecule has 0 aliphatic rings.